The van der Waals surface area contributed by atoms with Gasteiger partial charge in [-0.15, -0.1) is 0 Å². The minimum Gasteiger partial charge on any atom is -0.490 e. The molecule has 1 aromatic heterocycles. The van der Waals surface area contributed by atoms with Gasteiger partial charge in [-0.25, -0.2) is 17.5 Å². The summed E-state index contributed by atoms with van der Waals surface area (Å²) in [6, 6.07) is 2.96. The second-order valence-corrected chi connectivity index (χ2v) is 6.68. The van der Waals surface area contributed by atoms with E-state index in [-0.39, 0.29) is 6.10 Å². The number of rotatable bonds is 3. The molecule has 1 fully saturated rings. The van der Waals surface area contributed by atoms with Crippen LogP contribution in [-0.2, 0) is 10.0 Å². The fraction of sp³-hybridized carbons (Fsp3) is 0.583. The van der Waals surface area contributed by atoms with Crippen molar-refractivity contribution < 1.29 is 17.6 Å². The van der Waals surface area contributed by atoms with Crippen LogP contribution >= 0.6 is 0 Å². The van der Waals surface area contributed by atoms with E-state index in [0.717, 1.165) is 0 Å². The Morgan fingerprint density at radius 1 is 1.32 bits per heavy atom. The molecule has 106 valence electrons. The van der Waals surface area contributed by atoms with Crippen LogP contribution in [0, 0.1) is 6.92 Å². The topological polar surface area (TPSA) is 76.8 Å². The van der Waals surface area contributed by atoms with Crippen molar-refractivity contribution in [2.75, 3.05) is 19.3 Å². The molecule has 7 heteroatoms. The molecule has 0 atom stereocenters. The van der Waals surface area contributed by atoms with Crippen molar-refractivity contribution >= 4 is 10.0 Å². The Morgan fingerprint density at radius 2 is 1.95 bits per heavy atom. The molecule has 2 heterocycles. The van der Waals surface area contributed by atoms with Crippen LogP contribution in [0.25, 0.3) is 0 Å². The van der Waals surface area contributed by atoms with E-state index in [9.17, 15) is 13.2 Å². The molecule has 1 saturated heterocycles. The summed E-state index contributed by atoms with van der Waals surface area (Å²) < 4.78 is 34.7. The van der Waals surface area contributed by atoms with Gasteiger partial charge in [-0.2, -0.15) is 0 Å². The van der Waals surface area contributed by atoms with E-state index in [4.69, 9.17) is 9.15 Å². The third kappa shape index (κ3) is 3.81. The summed E-state index contributed by atoms with van der Waals surface area (Å²) >= 11 is 0. The van der Waals surface area contributed by atoms with Gasteiger partial charge in [0.1, 0.15) is 17.6 Å². The molecule has 0 aliphatic carbocycles. The summed E-state index contributed by atoms with van der Waals surface area (Å²) in [4.78, 5) is 11.2. The van der Waals surface area contributed by atoms with Crippen LogP contribution in [-0.4, -0.2) is 38.2 Å². The molecule has 1 aliphatic heterocycles. The summed E-state index contributed by atoms with van der Waals surface area (Å²) in [6.07, 6.45) is 2.37. The average molecular weight is 287 g/mol. The van der Waals surface area contributed by atoms with Gasteiger partial charge >= 0.3 is 5.63 Å². The van der Waals surface area contributed by atoms with Gasteiger partial charge < -0.3 is 9.15 Å². The second kappa shape index (κ2) is 5.34. The predicted molar refractivity (Wildman–Crippen MR) is 69.8 cm³/mol. The third-order valence-corrected chi connectivity index (χ3v) is 4.34. The first-order valence-corrected chi connectivity index (χ1v) is 7.93. The second-order valence-electron chi connectivity index (χ2n) is 4.70. The van der Waals surface area contributed by atoms with Crippen molar-refractivity contribution in [3.8, 4) is 5.75 Å². The highest BCUT2D eigenvalue weighted by molar-refractivity contribution is 7.88. The lowest BCUT2D eigenvalue weighted by Gasteiger charge is -2.30. The minimum atomic E-state index is -3.12. The van der Waals surface area contributed by atoms with E-state index < -0.39 is 15.6 Å². The number of ether oxygens (including phenoxy) is 1. The van der Waals surface area contributed by atoms with Crippen molar-refractivity contribution in [2.24, 2.45) is 0 Å². The molecule has 1 aliphatic rings. The van der Waals surface area contributed by atoms with Gasteiger partial charge in [0.05, 0.1) is 12.3 Å². The molecule has 0 bridgehead atoms. The molecule has 0 N–H and O–H groups in total. The Kier molecular flexibility index (Phi) is 3.96. The van der Waals surface area contributed by atoms with Crippen LogP contribution in [0.15, 0.2) is 21.3 Å². The van der Waals surface area contributed by atoms with Gasteiger partial charge in [0.15, 0.2) is 0 Å². The maximum Gasteiger partial charge on any atom is 0.339 e. The number of hydrogen-bond donors (Lipinski definition) is 0. The Bertz CT molecular complexity index is 599. The lowest BCUT2D eigenvalue weighted by molar-refractivity contribution is 0.134. The predicted octanol–water partition coefficient (Wildman–Crippen LogP) is 0.751. The molecule has 0 aromatic carbocycles. The fourth-order valence-corrected chi connectivity index (χ4v) is 2.99. The Balaban J connectivity index is 1.98. The molecule has 0 saturated carbocycles. The first kappa shape index (κ1) is 14.1. The Labute approximate surface area is 112 Å². The largest absolute Gasteiger partial charge is 0.490 e. The Hall–Kier alpha value is -1.34. The SMILES string of the molecule is Cc1cc(OC2CCN(S(C)(=O)=O)CC2)cc(=O)o1. The molecule has 1 aromatic rings. The molecule has 0 amide bonds. The van der Waals surface area contributed by atoms with Crippen molar-refractivity contribution in [1.29, 1.82) is 0 Å². The first-order chi connectivity index (χ1) is 8.84. The average Bonchev–Trinajstić information content (AvgIpc) is 2.26. The number of piperidine rings is 1. The zero-order valence-corrected chi connectivity index (χ0v) is 11.8. The van der Waals surface area contributed by atoms with E-state index >= 15 is 0 Å². The molecule has 6 nitrogen and oxygen atoms in total. The smallest absolute Gasteiger partial charge is 0.339 e. The summed E-state index contributed by atoms with van der Waals surface area (Å²) in [6.45, 7) is 2.58. The standard InChI is InChI=1S/C12H17NO5S/c1-9-7-11(8-12(14)17-9)18-10-3-5-13(6-4-10)19(2,15)16/h7-8,10H,3-6H2,1-2H3. The number of nitrogens with zero attached hydrogens (tertiary/aromatic N) is 1. The maximum absolute atomic E-state index is 11.4. The summed E-state index contributed by atoms with van der Waals surface area (Å²) in [7, 11) is -3.12. The molecular formula is C12H17NO5S. The number of hydrogen-bond acceptors (Lipinski definition) is 5. The van der Waals surface area contributed by atoms with Crippen LogP contribution in [0.4, 0.5) is 0 Å². The van der Waals surface area contributed by atoms with Gasteiger partial charge in [0.2, 0.25) is 10.0 Å². The van der Waals surface area contributed by atoms with Crippen LogP contribution in [0.5, 0.6) is 5.75 Å². The van der Waals surface area contributed by atoms with Gasteiger partial charge in [-0.1, -0.05) is 0 Å². The first-order valence-electron chi connectivity index (χ1n) is 6.08. The van der Waals surface area contributed by atoms with Crippen molar-refractivity contribution in [2.45, 2.75) is 25.9 Å². The quantitative estimate of drug-likeness (QED) is 0.820. The number of aryl methyl sites for hydroxylation is 1. The normalized spacial score (nSPS) is 18.4. The van der Waals surface area contributed by atoms with E-state index in [2.05, 4.69) is 0 Å². The van der Waals surface area contributed by atoms with Gasteiger partial charge in [-0.3, -0.25) is 0 Å². The fourth-order valence-electron chi connectivity index (χ4n) is 2.12. The van der Waals surface area contributed by atoms with Crippen LogP contribution in [0.3, 0.4) is 0 Å². The lowest BCUT2D eigenvalue weighted by Crippen LogP contribution is -2.41. The molecular weight excluding hydrogens is 270 g/mol. The monoisotopic (exact) mass is 287 g/mol. The molecule has 2 rings (SSSR count). The summed E-state index contributed by atoms with van der Waals surface area (Å²) in [5, 5.41) is 0. The molecule has 0 spiro atoms. The summed E-state index contributed by atoms with van der Waals surface area (Å²) in [5.41, 5.74) is -0.441. The zero-order valence-electron chi connectivity index (χ0n) is 11.0. The lowest BCUT2D eigenvalue weighted by atomic mass is 10.1. The van der Waals surface area contributed by atoms with E-state index in [1.807, 2.05) is 0 Å². The van der Waals surface area contributed by atoms with Gasteiger partial charge in [-0.05, 0) is 19.8 Å². The zero-order chi connectivity index (χ0) is 14.0. The third-order valence-electron chi connectivity index (χ3n) is 3.04. The van der Waals surface area contributed by atoms with Crippen LogP contribution < -0.4 is 10.4 Å². The highest BCUT2D eigenvalue weighted by atomic mass is 32.2. The maximum atomic E-state index is 11.4. The molecule has 0 radical (unpaired) electrons. The highest BCUT2D eigenvalue weighted by Gasteiger charge is 2.25. The van der Waals surface area contributed by atoms with Crippen molar-refractivity contribution in [3.63, 3.8) is 0 Å². The summed E-state index contributed by atoms with van der Waals surface area (Å²) in [5.74, 6) is 0.975. The van der Waals surface area contributed by atoms with Gasteiger partial charge in [0, 0.05) is 19.2 Å². The number of sulfonamides is 1. The van der Waals surface area contributed by atoms with E-state index in [1.54, 1.807) is 13.0 Å². The van der Waals surface area contributed by atoms with E-state index in [1.165, 1.54) is 16.6 Å². The molecule has 19 heavy (non-hydrogen) atoms. The molecule has 0 unspecified atom stereocenters. The minimum absolute atomic E-state index is 0.0702. The highest BCUT2D eigenvalue weighted by Crippen LogP contribution is 2.19. The van der Waals surface area contributed by atoms with Crippen LogP contribution in [0.2, 0.25) is 0 Å². The van der Waals surface area contributed by atoms with Crippen LogP contribution in [0.1, 0.15) is 18.6 Å². The van der Waals surface area contributed by atoms with Gasteiger partial charge in [0.25, 0.3) is 0 Å². The Morgan fingerprint density at radius 3 is 2.47 bits per heavy atom. The van der Waals surface area contributed by atoms with Crippen molar-refractivity contribution in [3.05, 3.63) is 28.3 Å². The van der Waals surface area contributed by atoms with Crippen molar-refractivity contribution in [1.82, 2.24) is 4.31 Å². The van der Waals surface area contributed by atoms with E-state index in [0.29, 0.717) is 37.4 Å².